The average molecular weight is 358 g/mol. The van der Waals surface area contributed by atoms with Crippen LogP contribution in [0.1, 0.15) is 23.7 Å². The Labute approximate surface area is 152 Å². The van der Waals surface area contributed by atoms with E-state index >= 15 is 0 Å². The van der Waals surface area contributed by atoms with Gasteiger partial charge in [-0.25, -0.2) is 0 Å². The first-order valence-corrected chi connectivity index (χ1v) is 8.18. The minimum atomic E-state index is -0.873. The summed E-state index contributed by atoms with van der Waals surface area (Å²) >= 11 is 0. The molecule has 1 unspecified atom stereocenters. The molecule has 2 aromatic carbocycles. The Morgan fingerprint density at radius 2 is 1.58 bits per heavy atom. The second-order valence-corrected chi connectivity index (χ2v) is 5.47. The molecule has 2 aromatic rings. The van der Waals surface area contributed by atoms with Crippen molar-refractivity contribution in [2.45, 2.75) is 19.4 Å². The average Bonchev–Trinajstić information content (AvgIpc) is 2.67. The Kier molecular flexibility index (Phi) is 7.02. The Bertz CT molecular complexity index is 738. The number of methoxy groups -OCH3 is 2. The van der Waals surface area contributed by atoms with Crippen LogP contribution >= 0.6 is 0 Å². The van der Waals surface area contributed by atoms with Crippen LogP contribution in [0.15, 0.2) is 48.5 Å². The minimum Gasteiger partial charge on any atom is -0.497 e. The lowest BCUT2D eigenvalue weighted by molar-refractivity contribution is -0.146. The van der Waals surface area contributed by atoms with Gasteiger partial charge in [0.15, 0.2) is 17.6 Å². The summed E-state index contributed by atoms with van der Waals surface area (Å²) in [5, 5.41) is 0. The highest BCUT2D eigenvalue weighted by atomic mass is 16.6. The van der Waals surface area contributed by atoms with E-state index in [1.807, 2.05) is 12.1 Å². The predicted octanol–water partition coefficient (Wildman–Crippen LogP) is 3.29. The molecular formula is C20H22O6. The number of hydrogen-bond acceptors (Lipinski definition) is 6. The summed E-state index contributed by atoms with van der Waals surface area (Å²) < 4.78 is 20.9. The van der Waals surface area contributed by atoms with Crippen molar-refractivity contribution in [2.24, 2.45) is 0 Å². The molecule has 0 saturated heterocycles. The number of rotatable bonds is 9. The zero-order valence-corrected chi connectivity index (χ0v) is 15.1. The first kappa shape index (κ1) is 19.3. The Balaban J connectivity index is 1.81. The summed E-state index contributed by atoms with van der Waals surface area (Å²) in [6.07, 6.45) is -0.847. The van der Waals surface area contributed by atoms with Crippen molar-refractivity contribution < 1.29 is 28.5 Å². The van der Waals surface area contributed by atoms with Crippen molar-refractivity contribution in [2.75, 3.05) is 20.8 Å². The van der Waals surface area contributed by atoms with E-state index in [2.05, 4.69) is 0 Å². The maximum Gasteiger partial charge on any atom is 0.309 e. The van der Waals surface area contributed by atoms with Gasteiger partial charge in [-0.2, -0.15) is 0 Å². The second kappa shape index (κ2) is 9.46. The van der Waals surface area contributed by atoms with Gasteiger partial charge in [-0.3, -0.25) is 9.59 Å². The fourth-order valence-electron chi connectivity index (χ4n) is 2.28. The van der Waals surface area contributed by atoms with Gasteiger partial charge in [0.25, 0.3) is 0 Å². The first-order valence-electron chi connectivity index (χ1n) is 8.18. The first-order chi connectivity index (χ1) is 12.5. The maximum atomic E-state index is 12.3. The third-order valence-electron chi connectivity index (χ3n) is 3.68. The Hall–Kier alpha value is -3.02. The Morgan fingerprint density at radius 3 is 2.19 bits per heavy atom. The Morgan fingerprint density at radius 1 is 0.923 bits per heavy atom. The van der Waals surface area contributed by atoms with Crippen molar-refractivity contribution in [1.82, 2.24) is 0 Å². The lowest BCUT2D eigenvalue weighted by Crippen LogP contribution is -2.25. The number of para-hydroxylation sites is 2. The molecule has 0 N–H and O–H groups in total. The third kappa shape index (κ3) is 5.24. The van der Waals surface area contributed by atoms with Gasteiger partial charge in [0, 0.05) is 5.56 Å². The van der Waals surface area contributed by atoms with E-state index in [1.54, 1.807) is 57.5 Å². The third-order valence-corrected chi connectivity index (χ3v) is 3.68. The van der Waals surface area contributed by atoms with Crippen LogP contribution in [0.5, 0.6) is 17.2 Å². The minimum absolute atomic E-state index is 0.0261. The number of carbonyl (C=O) groups excluding carboxylic acids is 2. The normalized spacial score (nSPS) is 11.3. The molecule has 0 spiro atoms. The molecule has 0 amide bonds. The molecule has 0 aromatic heterocycles. The van der Waals surface area contributed by atoms with Crippen molar-refractivity contribution >= 4 is 11.8 Å². The predicted molar refractivity (Wildman–Crippen MR) is 96.0 cm³/mol. The second-order valence-electron chi connectivity index (χ2n) is 5.47. The number of ether oxygens (including phenoxy) is 4. The van der Waals surface area contributed by atoms with E-state index in [0.29, 0.717) is 22.8 Å². The van der Waals surface area contributed by atoms with Crippen molar-refractivity contribution in [3.63, 3.8) is 0 Å². The fourth-order valence-corrected chi connectivity index (χ4v) is 2.28. The molecule has 0 radical (unpaired) electrons. The van der Waals surface area contributed by atoms with Crippen LogP contribution in [0, 0.1) is 0 Å². The van der Waals surface area contributed by atoms with Crippen LogP contribution in [0.2, 0.25) is 0 Å². The van der Waals surface area contributed by atoms with Gasteiger partial charge < -0.3 is 18.9 Å². The van der Waals surface area contributed by atoms with Gasteiger partial charge in [0.05, 0.1) is 27.2 Å². The lowest BCUT2D eigenvalue weighted by Gasteiger charge is -2.13. The summed E-state index contributed by atoms with van der Waals surface area (Å²) in [6, 6.07) is 13.8. The maximum absolute atomic E-state index is 12.3. The quantitative estimate of drug-likeness (QED) is 0.506. The molecule has 0 saturated carbocycles. The number of esters is 1. The van der Waals surface area contributed by atoms with Crippen LogP contribution in [0.4, 0.5) is 0 Å². The number of Topliss-reactive ketones (excluding diaryl/α,β-unsaturated/α-hetero) is 1. The van der Waals surface area contributed by atoms with Crippen LogP contribution in [0.25, 0.3) is 0 Å². The van der Waals surface area contributed by atoms with Crippen molar-refractivity contribution in [3.8, 4) is 17.2 Å². The number of carbonyl (C=O) groups is 2. The molecule has 0 aliphatic heterocycles. The van der Waals surface area contributed by atoms with E-state index in [1.165, 1.54) is 0 Å². The van der Waals surface area contributed by atoms with Crippen LogP contribution < -0.4 is 14.2 Å². The lowest BCUT2D eigenvalue weighted by atomic mass is 10.1. The monoisotopic (exact) mass is 358 g/mol. The number of hydrogen-bond donors (Lipinski definition) is 0. The molecule has 6 nitrogen and oxygen atoms in total. The molecule has 26 heavy (non-hydrogen) atoms. The number of benzene rings is 2. The summed E-state index contributed by atoms with van der Waals surface area (Å²) in [5.74, 6) is 1.01. The number of ketones is 1. The highest BCUT2D eigenvalue weighted by Crippen LogP contribution is 2.25. The smallest absolute Gasteiger partial charge is 0.309 e. The highest BCUT2D eigenvalue weighted by Gasteiger charge is 2.19. The molecule has 0 heterocycles. The van der Waals surface area contributed by atoms with Gasteiger partial charge in [-0.1, -0.05) is 12.1 Å². The van der Waals surface area contributed by atoms with E-state index in [4.69, 9.17) is 18.9 Å². The van der Waals surface area contributed by atoms with E-state index < -0.39 is 12.1 Å². The van der Waals surface area contributed by atoms with Crippen LogP contribution in [0.3, 0.4) is 0 Å². The summed E-state index contributed by atoms with van der Waals surface area (Å²) in [4.78, 5) is 24.2. The largest absolute Gasteiger partial charge is 0.497 e. The summed E-state index contributed by atoms with van der Waals surface area (Å²) in [5.41, 5.74) is 0.455. The van der Waals surface area contributed by atoms with Gasteiger partial charge in [-0.15, -0.1) is 0 Å². The van der Waals surface area contributed by atoms with Gasteiger partial charge in [0.2, 0.25) is 5.78 Å². The molecule has 0 fully saturated rings. The van der Waals surface area contributed by atoms with E-state index in [0.717, 1.165) is 0 Å². The van der Waals surface area contributed by atoms with E-state index in [9.17, 15) is 9.59 Å². The molecule has 6 heteroatoms. The van der Waals surface area contributed by atoms with Gasteiger partial charge in [-0.05, 0) is 43.3 Å². The topological polar surface area (TPSA) is 71.1 Å². The van der Waals surface area contributed by atoms with E-state index in [-0.39, 0.29) is 18.8 Å². The highest BCUT2D eigenvalue weighted by molar-refractivity contribution is 6.00. The SMILES string of the molecule is COc1ccc(C(=O)C(C)OC(=O)CCOc2ccccc2OC)cc1. The molecule has 0 aliphatic rings. The molecule has 0 bridgehead atoms. The molecule has 2 rings (SSSR count). The van der Waals surface area contributed by atoms with Crippen LogP contribution in [-0.2, 0) is 9.53 Å². The fraction of sp³-hybridized carbons (Fsp3) is 0.300. The van der Waals surface area contributed by atoms with Crippen molar-refractivity contribution in [1.29, 1.82) is 0 Å². The molecule has 0 aliphatic carbocycles. The van der Waals surface area contributed by atoms with Gasteiger partial charge in [0.1, 0.15) is 5.75 Å². The summed E-state index contributed by atoms with van der Waals surface area (Å²) in [7, 11) is 3.09. The zero-order valence-electron chi connectivity index (χ0n) is 15.1. The molecule has 138 valence electrons. The standard InChI is InChI=1S/C20H22O6/c1-14(20(22)15-8-10-16(23-2)11-9-15)26-19(21)12-13-25-18-7-5-4-6-17(18)24-3/h4-11,14H,12-13H2,1-3H3. The van der Waals surface area contributed by atoms with Crippen LogP contribution in [-0.4, -0.2) is 38.7 Å². The molecular weight excluding hydrogens is 336 g/mol. The zero-order chi connectivity index (χ0) is 18.9. The van der Waals surface area contributed by atoms with Gasteiger partial charge >= 0.3 is 5.97 Å². The summed E-state index contributed by atoms with van der Waals surface area (Å²) in [6.45, 7) is 1.67. The van der Waals surface area contributed by atoms with Crippen molar-refractivity contribution in [3.05, 3.63) is 54.1 Å². The molecule has 1 atom stereocenters.